The highest BCUT2D eigenvalue weighted by Crippen LogP contribution is 2.27. The number of rotatable bonds is 9. The van der Waals surface area contributed by atoms with Gasteiger partial charge in [-0.15, -0.1) is 0 Å². The first kappa shape index (κ1) is 22.0. The Kier molecular flexibility index (Phi) is 7.16. The first-order valence-electron chi connectivity index (χ1n) is 11.2. The Morgan fingerprint density at radius 1 is 1.19 bits per heavy atom. The average molecular weight is 439 g/mol. The minimum absolute atomic E-state index is 0.0212. The summed E-state index contributed by atoms with van der Waals surface area (Å²) in [6.45, 7) is 2.09. The van der Waals surface area contributed by atoms with Crippen molar-refractivity contribution in [3.63, 3.8) is 0 Å². The number of carbonyl (C=O) groups excluding carboxylic acids is 2. The van der Waals surface area contributed by atoms with E-state index in [1.807, 2.05) is 22.9 Å². The van der Waals surface area contributed by atoms with Crippen LogP contribution in [0.25, 0.3) is 11.0 Å². The van der Waals surface area contributed by atoms with Crippen molar-refractivity contribution < 1.29 is 14.3 Å². The Bertz CT molecular complexity index is 1050. The highest BCUT2D eigenvalue weighted by Gasteiger charge is 2.23. The van der Waals surface area contributed by atoms with Gasteiger partial charge in [0.25, 0.3) is 5.91 Å². The largest absolute Gasteiger partial charge is 0.383 e. The molecular weight excluding hydrogens is 408 g/mol. The molecule has 0 saturated heterocycles. The standard InChI is InChI=1S/C23H30N6O3/c1-32-13-12-28-16-25-20-15-18(27-22(30)17-6-3-2-4-7-17)14-19(21(20)28)23(31)24-9-11-29-10-5-8-26-29/h5,8,10,14-17H,2-4,6-7,9,11-13H2,1H3,(H,24,31)(H,27,30). The van der Waals surface area contributed by atoms with E-state index in [1.165, 1.54) is 6.42 Å². The van der Waals surface area contributed by atoms with Gasteiger partial charge in [-0.05, 0) is 31.0 Å². The molecule has 2 N–H and O–H groups in total. The van der Waals surface area contributed by atoms with Crippen molar-refractivity contribution in [2.75, 3.05) is 25.6 Å². The fourth-order valence-corrected chi connectivity index (χ4v) is 4.23. The molecule has 1 aromatic carbocycles. The van der Waals surface area contributed by atoms with Crippen molar-refractivity contribution in [2.45, 2.75) is 45.2 Å². The molecule has 9 nitrogen and oxygen atoms in total. The van der Waals surface area contributed by atoms with Crippen LogP contribution in [0.2, 0.25) is 0 Å². The Labute approximate surface area is 187 Å². The molecular formula is C23H30N6O3. The summed E-state index contributed by atoms with van der Waals surface area (Å²) in [4.78, 5) is 30.4. The highest BCUT2D eigenvalue weighted by atomic mass is 16.5. The number of fused-ring (bicyclic) bond motifs is 1. The maximum absolute atomic E-state index is 13.1. The average Bonchev–Trinajstić information content (AvgIpc) is 3.47. The molecule has 0 unspecified atom stereocenters. The number of nitrogens with one attached hydrogen (secondary N) is 2. The lowest BCUT2D eigenvalue weighted by atomic mass is 9.88. The molecule has 0 radical (unpaired) electrons. The van der Waals surface area contributed by atoms with Crippen molar-refractivity contribution in [3.05, 3.63) is 42.5 Å². The monoisotopic (exact) mass is 438 g/mol. The fourth-order valence-electron chi connectivity index (χ4n) is 4.23. The number of aromatic nitrogens is 4. The number of hydrogen-bond donors (Lipinski definition) is 2. The number of imidazole rings is 1. The lowest BCUT2D eigenvalue weighted by molar-refractivity contribution is -0.120. The number of nitrogens with zero attached hydrogens (tertiary/aromatic N) is 4. The molecule has 1 aliphatic carbocycles. The predicted octanol–water partition coefficient (Wildman–Crippen LogP) is 2.83. The number of hydrogen-bond acceptors (Lipinski definition) is 5. The summed E-state index contributed by atoms with van der Waals surface area (Å²) in [6.07, 6.45) is 10.5. The van der Waals surface area contributed by atoms with Gasteiger partial charge in [-0.2, -0.15) is 5.10 Å². The van der Waals surface area contributed by atoms with Crippen LogP contribution in [-0.4, -0.2) is 51.4 Å². The van der Waals surface area contributed by atoms with E-state index in [0.29, 0.717) is 43.0 Å². The minimum Gasteiger partial charge on any atom is -0.383 e. The van der Waals surface area contributed by atoms with Crippen LogP contribution >= 0.6 is 0 Å². The first-order valence-corrected chi connectivity index (χ1v) is 11.2. The quantitative estimate of drug-likeness (QED) is 0.535. The third-order valence-corrected chi connectivity index (χ3v) is 5.92. The molecule has 2 aromatic heterocycles. The van der Waals surface area contributed by atoms with E-state index in [-0.39, 0.29) is 17.7 Å². The lowest BCUT2D eigenvalue weighted by Crippen LogP contribution is -2.28. The van der Waals surface area contributed by atoms with Gasteiger partial charge in [-0.3, -0.25) is 14.3 Å². The van der Waals surface area contributed by atoms with E-state index >= 15 is 0 Å². The molecule has 32 heavy (non-hydrogen) atoms. The summed E-state index contributed by atoms with van der Waals surface area (Å²) in [5.74, 6) is -0.159. The van der Waals surface area contributed by atoms with Crippen molar-refractivity contribution in [3.8, 4) is 0 Å². The number of methoxy groups -OCH3 is 1. The second-order valence-electron chi connectivity index (χ2n) is 8.17. The summed E-state index contributed by atoms with van der Waals surface area (Å²) in [7, 11) is 1.64. The molecule has 2 amide bonds. The molecule has 3 aromatic rings. The van der Waals surface area contributed by atoms with E-state index in [0.717, 1.165) is 31.2 Å². The van der Waals surface area contributed by atoms with Crippen LogP contribution in [0.5, 0.6) is 0 Å². The zero-order valence-corrected chi connectivity index (χ0v) is 18.4. The number of anilines is 1. The summed E-state index contributed by atoms with van der Waals surface area (Å²) < 4.78 is 8.87. The van der Waals surface area contributed by atoms with Gasteiger partial charge >= 0.3 is 0 Å². The van der Waals surface area contributed by atoms with E-state index in [1.54, 1.807) is 30.4 Å². The van der Waals surface area contributed by atoms with Crippen molar-refractivity contribution >= 4 is 28.5 Å². The summed E-state index contributed by atoms with van der Waals surface area (Å²) in [5.41, 5.74) is 2.48. The van der Waals surface area contributed by atoms with Gasteiger partial charge in [-0.1, -0.05) is 19.3 Å². The Hall–Kier alpha value is -3.20. The van der Waals surface area contributed by atoms with Gasteiger partial charge < -0.3 is 19.9 Å². The molecule has 170 valence electrons. The number of benzene rings is 1. The third-order valence-electron chi connectivity index (χ3n) is 5.92. The van der Waals surface area contributed by atoms with Gasteiger partial charge in [0.15, 0.2) is 0 Å². The molecule has 0 spiro atoms. The van der Waals surface area contributed by atoms with Crippen molar-refractivity contribution in [1.82, 2.24) is 24.6 Å². The molecule has 0 aliphatic heterocycles. The minimum atomic E-state index is -0.213. The fraction of sp³-hybridized carbons (Fsp3) is 0.478. The molecule has 2 heterocycles. The number of carbonyl (C=O) groups is 2. The van der Waals surface area contributed by atoms with Crippen LogP contribution in [0.15, 0.2) is 36.9 Å². The normalized spacial score (nSPS) is 14.5. The highest BCUT2D eigenvalue weighted by molar-refractivity contribution is 6.07. The van der Waals surface area contributed by atoms with Gasteiger partial charge in [0, 0.05) is 44.2 Å². The molecule has 0 atom stereocenters. The topological polar surface area (TPSA) is 103 Å². The smallest absolute Gasteiger partial charge is 0.253 e. The zero-order valence-electron chi connectivity index (χ0n) is 18.4. The van der Waals surface area contributed by atoms with Crippen LogP contribution in [0, 0.1) is 5.92 Å². The van der Waals surface area contributed by atoms with Crippen LogP contribution < -0.4 is 10.6 Å². The van der Waals surface area contributed by atoms with Crippen LogP contribution in [-0.2, 0) is 22.6 Å². The Balaban J connectivity index is 1.56. The first-order chi connectivity index (χ1) is 15.7. The van der Waals surface area contributed by atoms with Gasteiger partial charge in [0.2, 0.25) is 5.91 Å². The lowest BCUT2D eigenvalue weighted by Gasteiger charge is -2.21. The van der Waals surface area contributed by atoms with E-state index in [9.17, 15) is 9.59 Å². The predicted molar refractivity (Wildman–Crippen MR) is 121 cm³/mol. The second kappa shape index (κ2) is 10.4. The van der Waals surface area contributed by atoms with Crippen LogP contribution in [0.1, 0.15) is 42.5 Å². The molecule has 9 heteroatoms. The van der Waals surface area contributed by atoms with Crippen LogP contribution in [0.4, 0.5) is 5.69 Å². The van der Waals surface area contributed by atoms with Crippen LogP contribution in [0.3, 0.4) is 0 Å². The molecule has 0 bridgehead atoms. The summed E-state index contributed by atoms with van der Waals surface area (Å²) >= 11 is 0. The van der Waals surface area contributed by atoms with E-state index in [4.69, 9.17) is 4.74 Å². The summed E-state index contributed by atoms with van der Waals surface area (Å²) in [6, 6.07) is 5.43. The van der Waals surface area contributed by atoms with Crippen molar-refractivity contribution in [1.29, 1.82) is 0 Å². The molecule has 4 rings (SSSR count). The third kappa shape index (κ3) is 5.16. The maximum Gasteiger partial charge on any atom is 0.253 e. The van der Waals surface area contributed by atoms with E-state index < -0.39 is 0 Å². The molecule has 1 saturated carbocycles. The summed E-state index contributed by atoms with van der Waals surface area (Å²) in [5, 5.41) is 10.1. The molecule has 1 fully saturated rings. The zero-order chi connectivity index (χ0) is 22.3. The van der Waals surface area contributed by atoms with E-state index in [2.05, 4.69) is 20.7 Å². The number of ether oxygens (including phenoxy) is 1. The van der Waals surface area contributed by atoms with Gasteiger partial charge in [-0.25, -0.2) is 4.98 Å². The van der Waals surface area contributed by atoms with Gasteiger partial charge in [0.1, 0.15) is 0 Å². The Morgan fingerprint density at radius 2 is 2.03 bits per heavy atom. The molecule has 1 aliphatic rings. The Morgan fingerprint density at radius 3 is 2.78 bits per heavy atom. The van der Waals surface area contributed by atoms with Crippen molar-refractivity contribution in [2.24, 2.45) is 5.92 Å². The second-order valence-corrected chi connectivity index (χ2v) is 8.17. The maximum atomic E-state index is 13.1. The number of amides is 2. The van der Waals surface area contributed by atoms with Gasteiger partial charge in [0.05, 0.1) is 36.1 Å². The SMILES string of the molecule is COCCn1cnc2cc(NC(=O)C3CCCCC3)cc(C(=O)NCCn3cccn3)c21.